The lowest BCUT2D eigenvalue weighted by Gasteiger charge is -2.02. The molecule has 0 rings (SSSR count). The van der Waals surface area contributed by atoms with Gasteiger partial charge in [-0.1, -0.05) is 12.2 Å². The average molecular weight is 211 g/mol. The van der Waals surface area contributed by atoms with Crippen LogP contribution in [-0.2, 0) is 9.59 Å². The van der Waals surface area contributed by atoms with Crippen LogP contribution in [0.15, 0.2) is 24.4 Å². The van der Waals surface area contributed by atoms with Crippen molar-refractivity contribution in [2.24, 2.45) is 0 Å². The first-order valence-electron chi connectivity index (χ1n) is 4.90. The number of rotatable bonds is 7. The molecule has 0 aliphatic carbocycles. The number of hydrogen-bond donors (Lipinski definition) is 2. The van der Waals surface area contributed by atoms with Crippen molar-refractivity contribution in [3.63, 3.8) is 0 Å². The fourth-order valence-corrected chi connectivity index (χ4v) is 1.06. The van der Waals surface area contributed by atoms with E-state index in [2.05, 4.69) is 11.9 Å². The van der Waals surface area contributed by atoms with Crippen LogP contribution in [0.1, 0.15) is 32.6 Å². The number of carbonyl (C=O) groups excluding carboxylic acids is 1. The van der Waals surface area contributed by atoms with Gasteiger partial charge in [0, 0.05) is 6.92 Å². The van der Waals surface area contributed by atoms with Gasteiger partial charge in [0.05, 0.1) is 0 Å². The Hall–Kier alpha value is -1.58. The Bertz CT molecular complexity index is 269. The maximum absolute atomic E-state index is 10.7. The number of amides is 1. The van der Waals surface area contributed by atoms with E-state index in [4.69, 9.17) is 5.11 Å². The van der Waals surface area contributed by atoms with E-state index in [0.717, 1.165) is 19.3 Å². The van der Waals surface area contributed by atoms with E-state index in [1.54, 1.807) is 0 Å². The molecule has 0 aliphatic rings. The standard InChI is InChI=1S/C11H17NO3/c1-3-4-5-6-7-8-10(11(14)15)12-9(2)13/h3,8H,1,4-7H2,2H3,(H,12,13)(H,14,15). The number of allylic oxidation sites excluding steroid dienone is 2. The third-order valence-corrected chi connectivity index (χ3v) is 1.75. The summed E-state index contributed by atoms with van der Waals surface area (Å²) in [5, 5.41) is 11.0. The van der Waals surface area contributed by atoms with Gasteiger partial charge in [-0.15, -0.1) is 6.58 Å². The number of carbonyl (C=O) groups is 2. The lowest BCUT2D eigenvalue weighted by molar-refractivity contribution is -0.134. The third kappa shape index (κ3) is 7.49. The molecule has 4 nitrogen and oxygen atoms in total. The SMILES string of the molecule is C=CCCCCC=C(NC(C)=O)C(=O)O. The molecular weight excluding hydrogens is 194 g/mol. The van der Waals surface area contributed by atoms with Crippen LogP contribution in [-0.4, -0.2) is 17.0 Å². The summed E-state index contributed by atoms with van der Waals surface area (Å²) in [5.41, 5.74) is -0.0406. The molecule has 0 atom stereocenters. The number of aliphatic carboxylic acids is 1. The molecule has 0 heterocycles. The van der Waals surface area contributed by atoms with Gasteiger partial charge in [-0.2, -0.15) is 0 Å². The Morgan fingerprint density at radius 3 is 2.40 bits per heavy atom. The zero-order valence-electron chi connectivity index (χ0n) is 8.95. The van der Waals surface area contributed by atoms with E-state index in [1.165, 1.54) is 13.0 Å². The smallest absolute Gasteiger partial charge is 0.352 e. The Kier molecular flexibility index (Phi) is 6.97. The number of carboxylic acids is 1. The van der Waals surface area contributed by atoms with E-state index in [1.807, 2.05) is 6.08 Å². The van der Waals surface area contributed by atoms with Crippen molar-refractivity contribution in [2.45, 2.75) is 32.6 Å². The molecule has 84 valence electrons. The van der Waals surface area contributed by atoms with Gasteiger partial charge in [-0.3, -0.25) is 4.79 Å². The Balaban J connectivity index is 4.00. The van der Waals surface area contributed by atoms with Crippen molar-refractivity contribution >= 4 is 11.9 Å². The minimum Gasteiger partial charge on any atom is -0.477 e. The number of carboxylic acid groups (broad SMARTS) is 1. The molecule has 0 saturated heterocycles. The first kappa shape index (κ1) is 13.4. The average Bonchev–Trinajstić information content (AvgIpc) is 2.15. The predicted octanol–water partition coefficient (Wildman–Crippen LogP) is 1.84. The summed E-state index contributed by atoms with van der Waals surface area (Å²) < 4.78 is 0. The topological polar surface area (TPSA) is 66.4 Å². The minimum atomic E-state index is -1.10. The van der Waals surface area contributed by atoms with Crippen LogP contribution in [0.3, 0.4) is 0 Å². The van der Waals surface area contributed by atoms with Crippen LogP contribution < -0.4 is 5.32 Å². The second-order valence-electron chi connectivity index (χ2n) is 3.18. The maximum atomic E-state index is 10.7. The Labute approximate surface area is 89.7 Å². The molecule has 0 bridgehead atoms. The molecule has 2 N–H and O–H groups in total. The van der Waals surface area contributed by atoms with E-state index < -0.39 is 5.97 Å². The summed E-state index contributed by atoms with van der Waals surface area (Å²) in [4.78, 5) is 21.3. The van der Waals surface area contributed by atoms with Gasteiger partial charge in [0.1, 0.15) is 5.70 Å². The van der Waals surface area contributed by atoms with Crippen molar-refractivity contribution in [2.75, 3.05) is 0 Å². The van der Waals surface area contributed by atoms with Crippen molar-refractivity contribution in [1.82, 2.24) is 5.32 Å². The summed E-state index contributed by atoms with van der Waals surface area (Å²) in [6, 6.07) is 0. The molecule has 0 aliphatic heterocycles. The molecule has 0 radical (unpaired) electrons. The van der Waals surface area contributed by atoms with Crippen molar-refractivity contribution in [3.8, 4) is 0 Å². The van der Waals surface area contributed by atoms with Gasteiger partial charge < -0.3 is 10.4 Å². The molecule has 0 aromatic heterocycles. The monoisotopic (exact) mass is 211 g/mol. The van der Waals surface area contributed by atoms with Crippen LogP contribution in [0.4, 0.5) is 0 Å². The van der Waals surface area contributed by atoms with Crippen molar-refractivity contribution in [3.05, 3.63) is 24.4 Å². The molecule has 0 unspecified atom stereocenters. The zero-order chi connectivity index (χ0) is 11.7. The van der Waals surface area contributed by atoms with Gasteiger partial charge >= 0.3 is 5.97 Å². The van der Waals surface area contributed by atoms with Gasteiger partial charge in [0.15, 0.2) is 0 Å². The molecule has 0 spiro atoms. The summed E-state index contributed by atoms with van der Waals surface area (Å²) >= 11 is 0. The lowest BCUT2D eigenvalue weighted by atomic mass is 10.2. The van der Waals surface area contributed by atoms with Gasteiger partial charge in [-0.25, -0.2) is 4.79 Å². The number of hydrogen-bond acceptors (Lipinski definition) is 2. The molecule has 0 fully saturated rings. The highest BCUT2D eigenvalue weighted by molar-refractivity contribution is 5.91. The van der Waals surface area contributed by atoms with E-state index in [9.17, 15) is 9.59 Å². The first-order valence-corrected chi connectivity index (χ1v) is 4.90. The molecule has 1 amide bonds. The summed E-state index contributed by atoms with van der Waals surface area (Å²) in [5.74, 6) is -1.47. The molecular formula is C11H17NO3. The summed E-state index contributed by atoms with van der Waals surface area (Å²) in [6.45, 7) is 4.88. The van der Waals surface area contributed by atoms with Crippen LogP contribution in [0.5, 0.6) is 0 Å². The first-order chi connectivity index (χ1) is 7.07. The molecule has 15 heavy (non-hydrogen) atoms. The van der Waals surface area contributed by atoms with Crippen LogP contribution in [0.2, 0.25) is 0 Å². The number of nitrogens with one attached hydrogen (secondary N) is 1. The third-order valence-electron chi connectivity index (χ3n) is 1.75. The largest absolute Gasteiger partial charge is 0.477 e. The highest BCUT2D eigenvalue weighted by Crippen LogP contribution is 2.03. The zero-order valence-corrected chi connectivity index (χ0v) is 8.95. The van der Waals surface area contributed by atoms with Crippen LogP contribution >= 0.6 is 0 Å². The van der Waals surface area contributed by atoms with Gasteiger partial charge in [0.25, 0.3) is 0 Å². The fourth-order valence-electron chi connectivity index (χ4n) is 1.06. The van der Waals surface area contributed by atoms with E-state index >= 15 is 0 Å². The van der Waals surface area contributed by atoms with Crippen molar-refractivity contribution < 1.29 is 14.7 Å². The molecule has 0 aromatic carbocycles. The van der Waals surface area contributed by atoms with Crippen LogP contribution in [0.25, 0.3) is 0 Å². The van der Waals surface area contributed by atoms with Crippen molar-refractivity contribution in [1.29, 1.82) is 0 Å². The quantitative estimate of drug-likeness (QED) is 0.383. The number of unbranched alkanes of at least 4 members (excludes halogenated alkanes) is 3. The molecule has 4 heteroatoms. The second-order valence-corrected chi connectivity index (χ2v) is 3.18. The van der Waals surface area contributed by atoms with E-state index in [0.29, 0.717) is 6.42 Å². The normalized spacial score (nSPS) is 10.9. The highest BCUT2D eigenvalue weighted by atomic mass is 16.4. The van der Waals surface area contributed by atoms with Gasteiger partial charge in [0.2, 0.25) is 5.91 Å². The molecule has 0 aromatic rings. The lowest BCUT2D eigenvalue weighted by Crippen LogP contribution is -2.24. The maximum Gasteiger partial charge on any atom is 0.352 e. The van der Waals surface area contributed by atoms with E-state index in [-0.39, 0.29) is 11.6 Å². The van der Waals surface area contributed by atoms with Crippen LogP contribution in [0, 0.1) is 0 Å². The Morgan fingerprint density at radius 1 is 1.33 bits per heavy atom. The summed E-state index contributed by atoms with van der Waals surface area (Å²) in [6.07, 6.45) is 6.81. The predicted molar refractivity (Wildman–Crippen MR) is 58.2 cm³/mol. The van der Waals surface area contributed by atoms with Gasteiger partial charge in [-0.05, 0) is 25.7 Å². The summed E-state index contributed by atoms with van der Waals surface area (Å²) in [7, 11) is 0. The molecule has 0 saturated carbocycles. The highest BCUT2D eigenvalue weighted by Gasteiger charge is 2.07. The minimum absolute atomic E-state index is 0.0406. The Morgan fingerprint density at radius 2 is 1.93 bits per heavy atom. The fraction of sp³-hybridized carbons (Fsp3) is 0.455. The second kappa shape index (κ2) is 7.79.